The molecule has 1 aromatic heterocycles. The molecule has 0 saturated carbocycles. The van der Waals surface area contributed by atoms with Gasteiger partial charge in [0.05, 0.1) is 37.3 Å². The number of hydrogen-bond acceptors (Lipinski definition) is 2. The van der Waals surface area contributed by atoms with E-state index in [-0.39, 0.29) is 90.6 Å². The Kier molecular flexibility index (Phi) is 1.88. The largest absolute Gasteiger partial charge is 0.458 e. The van der Waals surface area contributed by atoms with Crippen molar-refractivity contribution in [3.8, 4) is 28.7 Å². The van der Waals surface area contributed by atoms with E-state index in [4.69, 9.17) is 30.0 Å². The first kappa shape index (κ1) is 9.67. The smallest absolute Gasteiger partial charge is 0.260 e. The van der Waals surface area contributed by atoms with E-state index in [9.17, 15) is 0 Å². The summed E-state index contributed by atoms with van der Waals surface area (Å²) in [5, 5.41) is -0.152. The van der Waals surface area contributed by atoms with Crippen LogP contribution in [0.2, 0.25) is 0 Å². The number of rotatable bonds is 1. The van der Waals surface area contributed by atoms with Crippen molar-refractivity contribution in [2.45, 2.75) is 6.92 Å². The van der Waals surface area contributed by atoms with Crippen LogP contribution in [-0.2, 0) is 0 Å². The molecule has 0 aliphatic carbocycles. The zero-order chi connectivity index (χ0) is 36.1. The number of para-hydroxylation sites is 3. The highest BCUT2D eigenvalue weighted by Gasteiger charge is 2.40. The molecule has 164 valence electrons. The molecule has 0 radical (unpaired) electrons. The zero-order valence-electron chi connectivity index (χ0n) is 33.0. The molecule has 0 fully saturated rings. The average Bonchev–Trinajstić information content (AvgIpc) is 3.47. The van der Waals surface area contributed by atoms with Crippen LogP contribution in [-0.4, -0.2) is 11.3 Å². The molecule has 4 heteroatoms. The Morgan fingerprint density at radius 3 is 1.97 bits per heavy atom. The third-order valence-electron chi connectivity index (χ3n) is 6.28. The highest BCUT2D eigenvalue weighted by atomic mass is 16.5. The van der Waals surface area contributed by atoms with E-state index in [0.717, 1.165) is 0 Å². The van der Waals surface area contributed by atoms with E-state index in [1.54, 1.807) is 0 Å². The molecule has 5 aromatic carbocycles. The van der Waals surface area contributed by atoms with E-state index >= 15 is 0 Å². The van der Waals surface area contributed by atoms with Gasteiger partial charge in [0.25, 0.3) is 6.71 Å². The van der Waals surface area contributed by atoms with Gasteiger partial charge in [0.15, 0.2) is 0 Å². The molecule has 8 rings (SSSR count). The minimum Gasteiger partial charge on any atom is -0.458 e. The van der Waals surface area contributed by atoms with Gasteiger partial charge in [0, 0.05) is 28.4 Å². The standard InChI is InChI=1S/C31H20BNO2/c1-19-14-15-22-21-8-2-5-11-25(21)33(26(22)16-19)20-17-29-31-30(18-20)35-28-13-7-4-10-24(28)32(31)23-9-3-6-12-27(23)34-29/h2-18H,1H3/i2D,3D,4D,5D,6D,7D,8D,9D,10D,11D,12D,13D,14D,15D,16D. The summed E-state index contributed by atoms with van der Waals surface area (Å²) in [7, 11) is 0. The molecule has 2 aliphatic rings. The van der Waals surface area contributed by atoms with E-state index in [0.29, 0.717) is 0 Å². The Hall–Kier alpha value is -4.44. The van der Waals surface area contributed by atoms with Gasteiger partial charge in [-0.1, -0.05) is 66.5 Å². The van der Waals surface area contributed by atoms with Crippen LogP contribution in [0.5, 0.6) is 23.0 Å². The fourth-order valence-electron chi connectivity index (χ4n) is 4.87. The molecule has 0 N–H and O–H groups in total. The zero-order valence-corrected chi connectivity index (χ0v) is 18.0. The highest BCUT2D eigenvalue weighted by Crippen LogP contribution is 2.39. The van der Waals surface area contributed by atoms with Crippen LogP contribution in [0.1, 0.15) is 26.1 Å². The topological polar surface area (TPSA) is 23.4 Å². The Morgan fingerprint density at radius 1 is 0.657 bits per heavy atom. The van der Waals surface area contributed by atoms with Crippen LogP contribution in [0.25, 0.3) is 27.5 Å². The molecule has 0 atom stereocenters. The van der Waals surface area contributed by atoms with Crippen molar-refractivity contribution in [1.82, 2.24) is 4.57 Å². The maximum absolute atomic E-state index is 9.04. The molecule has 0 spiro atoms. The lowest BCUT2D eigenvalue weighted by Gasteiger charge is -2.33. The van der Waals surface area contributed by atoms with E-state index in [1.165, 1.54) is 23.6 Å². The van der Waals surface area contributed by atoms with Crippen molar-refractivity contribution in [1.29, 1.82) is 0 Å². The Morgan fingerprint density at radius 2 is 1.26 bits per heavy atom. The van der Waals surface area contributed by atoms with Gasteiger partial charge in [-0.2, -0.15) is 0 Å². The third kappa shape index (κ3) is 2.57. The summed E-state index contributed by atoms with van der Waals surface area (Å²) in [5.41, 5.74) is 0.129. The second kappa shape index (κ2) is 6.80. The molecule has 0 bridgehead atoms. The van der Waals surface area contributed by atoms with Crippen molar-refractivity contribution in [3.63, 3.8) is 0 Å². The van der Waals surface area contributed by atoms with Gasteiger partial charge in [0.2, 0.25) is 0 Å². The molecule has 35 heavy (non-hydrogen) atoms. The second-order valence-electron chi connectivity index (χ2n) is 8.26. The van der Waals surface area contributed by atoms with Crippen LogP contribution in [0.4, 0.5) is 0 Å². The number of ether oxygens (including phenoxy) is 2. The van der Waals surface area contributed by atoms with Gasteiger partial charge < -0.3 is 14.0 Å². The van der Waals surface area contributed by atoms with Crippen LogP contribution in [0.3, 0.4) is 0 Å². The Bertz CT molecular complexity index is 2470. The van der Waals surface area contributed by atoms with Crippen molar-refractivity contribution < 1.29 is 30.0 Å². The SMILES string of the molecule is [2H]c1c([2H])c([2H])c2c(c1[2H])Oc1cc(-n3c4c([2H])c([2H])c([2H])c([2H])c4c4c([2H])c([2H])c(C)c([2H])c43)cc3c1B2c1c([2H])c([2H])c([2H])c([2H])c1O3. The summed E-state index contributed by atoms with van der Waals surface area (Å²) in [6.45, 7) is 0.264. The van der Waals surface area contributed by atoms with Crippen molar-refractivity contribution in [3.05, 3.63) is 108 Å². The van der Waals surface area contributed by atoms with Crippen molar-refractivity contribution in [2.75, 3.05) is 0 Å². The van der Waals surface area contributed by atoms with E-state index in [1.807, 2.05) is 0 Å². The molecular formula is C31H20BNO2. The lowest BCUT2D eigenvalue weighted by molar-refractivity contribution is 0.464. The number of benzene rings is 5. The fraction of sp³-hybridized carbons (Fsp3) is 0.0323. The predicted molar refractivity (Wildman–Crippen MR) is 143 cm³/mol. The third-order valence-corrected chi connectivity index (χ3v) is 6.28. The van der Waals surface area contributed by atoms with Crippen LogP contribution >= 0.6 is 0 Å². The summed E-state index contributed by atoms with van der Waals surface area (Å²) >= 11 is 0. The number of hydrogen-bond donors (Lipinski definition) is 0. The molecule has 3 heterocycles. The summed E-state index contributed by atoms with van der Waals surface area (Å²) in [5.74, 6) is -0.656. The Labute approximate surface area is 224 Å². The van der Waals surface area contributed by atoms with Crippen LogP contribution < -0.4 is 25.9 Å². The molecule has 2 aliphatic heterocycles. The minimum absolute atomic E-state index is 0.00884. The second-order valence-corrected chi connectivity index (χ2v) is 8.26. The van der Waals surface area contributed by atoms with Crippen LogP contribution in [0, 0.1) is 6.92 Å². The fourth-order valence-corrected chi connectivity index (χ4v) is 4.87. The number of fused-ring (bicyclic) bond motifs is 7. The summed E-state index contributed by atoms with van der Waals surface area (Å²) in [6, 6.07) is -4.56. The first-order chi connectivity index (χ1) is 23.5. The molecule has 3 nitrogen and oxygen atoms in total. The van der Waals surface area contributed by atoms with Crippen molar-refractivity contribution in [2.24, 2.45) is 0 Å². The predicted octanol–water partition coefficient (Wildman–Crippen LogP) is 5.82. The van der Waals surface area contributed by atoms with Gasteiger partial charge in [-0.3, -0.25) is 0 Å². The summed E-state index contributed by atoms with van der Waals surface area (Å²) < 4.78 is 143. The highest BCUT2D eigenvalue weighted by molar-refractivity contribution is 6.98. The number of nitrogens with zero attached hydrogens (tertiary/aromatic N) is 1. The summed E-state index contributed by atoms with van der Waals surface area (Å²) in [6.07, 6.45) is 0. The average molecular weight is 464 g/mol. The lowest BCUT2D eigenvalue weighted by Crippen LogP contribution is -2.57. The number of aromatic nitrogens is 1. The molecule has 0 unspecified atom stereocenters. The molecule has 6 aromatic rings. The van der Waals surface area contributed by atoms with Gasteiger partial charge in [-0.15, -0.1) is 0 Å². The van der Waals surface area contributed by atoms with Crippen molar-refractivity contribution >= 4 is 44.9 Å². The van der Waals surface area contributed by atoms with Gasteiger partial charge in [-0.25, -0.2) is 0 Å². The lowest BCUT2D eigenvalue weighted by atomic mass is 9.35. The maximum atomic E-state index is 9.04. The van der Waals surface area contributed by atoms with Gasteiger partial charge in [-0.05, 0) is 47.6 Å². The maximum Gasteiger partial charge on any atom is 0.260 e. The van der Waals surface area contributed by atoms with Gasteiger partial charge in [0.1, 0.15) is 23.0 Å². The van der Waals surface area contributed by atoms with Gasteiger partial charge >= 0.3 is 0 Å². The molecule has 0 saturated heterocycles. The normalized spacial score (nSPS) is 19.1. The first-order valence-corrected chi connectivity index (χ1v) is 10.8. The first-order valence-electron chi connectivity index (χ1n) is 18.3. The minimum atomic E-state index is -1.21. The Balaban J connectivity index is 1.56. The molecule has 0 amide bonds. The monoisotopic (exact) mass is 464 g/mol. The quantitative estimate of drug-likeness (QED) is 0.286. The van der Waals surface area contributed by atoms with Crippen LogP contribution in [0.15, 0.2) is 103 Å². The molecular weight excluding hydrogens is 429 g/mol. The van der Waals surface area contributed by atoms with E-state index in [2.05, 4.69) is 0 Å². The van der Waals surface area contributed by atoms with E-state index < -0.39 is 79.2 Å². The summed E-state index contributed by atoms with van der Waals surface area (Å²) in [4.78, 5) is 0.